The number of carbonyl (C=O) groups excluding carboxylic acids is 3. The lowest BCUT2D eigenvalue weighted by atomic mass is 9.98. The first-order valence-electron chi connectivity index (χ1n) is 10.8. The molecule has 1 atom stereocenters. The van der Waals surface area contributed by atoms with Crippen LogP contribution in [0, 0.1) is 0 Å². The summed E-state index contributed by atoms with van der Waals surface area (Å²) in [6.07, 6.45) is 1.55. The number of aliphatic hydroxyl groups is 1. The minimum atomic E-state index is -0.978. The van der Waals surface area contributed by atoms with Crippen LogP contribution in [0.2, 0.25) is 5.02 Å². The molecule has 9 heteroatoms. The number of halogens is 1. The summed E-state index contributed by atoms with van der Waals surface area (Å²) in [7, 11) is 0. The first kappa shape index (κ1) is 24.0. The van der Waals surface area contributed by atoms with Gasteiger partial charge in [0.05, 0.1) is 22.9 Å². The van der Waals surface area contributed by atoms with Crippen LogP contribution in [-0.2, 0) is 14.4 Å². The molecule has 0 radical (unpaired) electrons. The van der Waals surface area contributed by atoms with Crippen LogP contribution in [0.3, 0.4) is 0 Å². The number of anilines is 2. The molecule has 4 rings (SSSR count). The first-order chi connectivity index (χ1) is 16.8. The molecule has 0 spiro atoms. The standard InChI is InChI=1S/C26H22ClN3O5/c1-3-35-21-14-16(7-12-19(21)27)24(32)22-23(20-6-4-5-13-28-20)30(26(34)25(22)33)18-10-8-17(9-11-18)29-15(2)31/h4-14,23,32H,3H2,1-2H3,(H,29,31)/b24-22-. The van der Waals surface area contributed by atoms with Gasteiger partial charge in [0, 0.05) is 30.1 Å². The Kier molecular flexibility index (Phi) is 6.84. The van der Waals surface area contributed by atoms with Crippen LogP contribution in [0.15, 0.2) is 72.4 Å². The van der Waals surface area contributed by atoms with Gasteiger partial charge in [-0.15, -0.1) is 0 Å². The summed E-state index contributed by atoms with van der Waals surface area (Å²) >= 11 is 6.17. The maximum Gasteiger partial charge on any atom is 0.300 e. The predicted octanol–water partition coefficient (Wildman–Crippen LogP) is 4.72. The van der Waals surface area contributed by atoms with Gasteiger partial charge in [-0.3, -0.25) is 24.3 Å². The number of benzene rings is 2. The van der Waals surface area contributed by atoms with Gasteiger partial charge in [-0.05, 0) is 61.5 Å². The second-order valence-corrected chi connectivity index (χ2v) is 8.14. The van der Waals surface area contributed by atoms with Gasteiger partial charge in [-0.25, -0.2) is 0 Å². The average Bonchev–Trinajstić information content (AvgIpc) is 3.11. The molecular formula is C26H22ClN3O5. The van der Waals surface area contributed by atoms with Crippen LogP contribution >= 0.6 is 11.6 Å². The molecule has 0 saturated carbocycles. The van der Waals surface area contributed by atoms with Crippen molar-refractivity contribution in [3.63, 3.8) is 0 Å². The van der Waals surface area contributed by atoms with Crippen LogP contribution in [-0.4, -0.2) is 34.3 Å². The summed E-state index contributed by atoms with van der Waals surface area (Å²) in [6.45, 7) is 3.55. The van der Waals surface area contributed by atoms with Crippen molar-refractivity contribution < 1.29 is 24.2 Å². The summed E-state index contributed by atoms with van der Waals surface area (Å²) in [6, 6.07) is 15.2. The number of pyridine rings is 1. The van der Waals surface area contributed by atoms with Gasteiger partial charge >= 0.3 is 0 Å². The number of aromatic nitrogens is 1. The van der Waals surface area contributed by atoms with E-state index < -0.39 is 17.7 Å². The smallest absolute Gasteiger partial charge is 0.300 e. The summed E-state index contributed by atoms with van der Waals surface area (Å²) in [5.74, 6) is -1.92. The van der Waals surface area contributed by atoms with Crippen LogP contribution in [0.1, 0.15) is 31.1 Å². The molecule has 8 nitrogen and oxygen atoms in total. The molecule has 178 valence electrons. The molecule has 2 aromatic carbocycles. The number of Topliss-reactive ketones (excluding diaryl/α,β-unsaturated/α-hetero) is 1. The highest BCUT2D eigenvalue weighted by molar-refractivity contribution is 6.51. The van der Waals surface area contributed by atoms with E-state index in [0.29, 0.717) is 34.4 Å². The van der Waals surface area contributed by atoms with E-state index in [0.717, 1.165) is 0 Å². The van der Waals surface area contributed by atoms with Crippen molar-refractivity contribution in [1.82, 2.24) is 4.98 Å². The Labute approximate surface area is 206 Å². The molecule has 0 aliphatic carbocycles. The molecule has 3 aromatic rings. The topological polar surface area (TPSA) is 109 Å². The maximum absolute atomic E-state index is 13.2. The Hall–Kier alpha value is -4.17. The summed E-state index contributed by atoms with van der Waals surface area (Å²) in [4.78, 5) is 43.4. The second-order valence-electron chi connectivity index (χ2n) is 7.73. The van der Waals surface area contributed by atoms with Gasteiger partial charge in [-0.1, -0.05) is 17.7 Å². The molecule has 1 aromatic heterocycles. The molecule has 0 bridgehead atoms. The number of nitrogens with one attached hydrogen (secondary N) is 1. The predicted molar refractivity (Wildman–Crippen MR) is 132 cm³/mol. The molecule has 1 aliphatic rings. The monoisotopic (exact) mass is 491 g/mol. The SMILES string of the molecule is CCOc1cc(/C(O)=C2/C(=O)C(=O)N(c3ccc(NC(C)=O)cc3)C2c2ccccn2)ccc1Cl. The van der Waals surface area contributed by atoms with E-state index in [9.17, 15) is 19.5 Å². The number of carbonyl (C=O) groups is 3. The normalized spacial score (nSPS) is 16.9. The maximum atomic E-state index is 13.2. The van der Waals surface area contributed by atoms with Crippen LogP contribution in [0.25, 0.3) is 5.76 Å². The Balaban J connectivity index is 1.86. The van der Waals surface area contributed by atoms with E-state index in [4.69, 9.17) is 16.3 Å². The number of hydrogen-bond donors (Lipinski definition) is 2. The van der Waals surface area contributed by atoms with E-state index >= 15 is 0 Å². The number of amides is 2. The van der Waals surface area contributed by atoms with Gasteiger partial charge < -0.3 is 15.2 Å². The van der Waals surface area contributed by atoms with Crippen molar-refractivity contribution in [2.45, 2.75) is 19.9 Å². The van der Waals surface area contributed by atoms with Gasteiger partial charge in [0.25, 0.3) is 11.7 Å². The van der Waals surface area contributed by atoms with Gasteiger partial charge in [0.1, 0.15) is 17.6 Å². The molecule has 1 saturated heterocycles. The molecule has 35 heavy (non-hydrogen) atoms. The lowest BCUT2D eigenvalue weighted by Crippen LogP contribution is -2.29. The minimum Gasteiger partial charge on any atom is -0.507 e. The van der Waals surface area contributed by atoms with Crippen molar-refractivity contribution in [3.8, 4) is 5.75 Å². The van der Waals surface area contributed by atoms with E-state index in [1.54, 1.807) is 67.7 Å². The van der Waals surface area contributed by atoms with Crippen LogP contribution < -0.4 is 15.0 Å². The highest BCUT2D eigenvalue weighted by Gasteiger charge is 2.47. The molecule has 2 heterocycles. The average molecular weight is 492 g/mol. The molecule has 1 unspecified atom stereocenters. The van der Waals surface area contributed by atoms with Crippen molar-refractivity contribution in [2.75, 3.05) is 16.8 Å². The summed E-state index contributed by atoms with van der Waals surface area (Å²) < 4.78 is 5.51. The number of aliphatic hydroxyl groups excluding tert-OH is 1. The van der Waals surface area contributed by atoms with Gasteiger partial charge in [0.2, 0.25) is 5.91 Å². The largest absolute Gasteiger partial charge is 0.507 e. The van der Waals surface area contributed by atoms with Crippen molar-refractivity contribution >= 4 is 46.3 Å². The number of hydrogen-bond acceptors (Lipinski definition) is 6. The zero-order valence-corrected chi connectivity index (χ0v) is 19.7. The number of ketones is 1. The van der Waals surface area contributed by atoms with Crippen LogP contribution in [0.5, 0.6) is 5.75 Å². The zero-order valence-electron chi connectivity index (χ0n) is 19.0. The Morgan fingerprint density at radius 2 is 1.89 bits per heavy atom. The Morgan fingerprint density at radius 3 is 2.51 bits per heavy atom. The third-order valence-corrected chi connectivity index (χ3v) is 5.69. The molecule has 1 aliphatic heterocycles. The zero-order chi connectivity index (χ0) is 25.1. The summed E-state index contributed by atoms with van der Waals surface area (Å²) in [5, 5.41) is 14.2. The Bertz CT molecular complexity index is 1320. The number of ether oxygens (including phenoxy) is 1. The summed E-state index contributed by atoms with van der Waals surface area (Å²) in [5.41, 5.74) is 1.51. The van der Waals surface area contributed by atoms with Gasteiger partial charge in [0.15, 0.2) is 0 Å². The van der Waals surface area contributed by atoms with E-state index in [-0.39, 0.29) is 22.8 Å². The molecule has 1 fully saturated rings. The number of nitrogens with zero attached hydrogens (tertiary/aromatic N) is 2. The lowest BCUT2D eigenvalue weighted by Gasteiger charge is -2.24. The first-order valence-corrected chi connectivity index (χ1v) is 11.2. The molecule has 2 N–H and O–H groups in total. The van der Waals surface area contributed by atoms with Gasteiger partial charge in [-0.2, -0.15) is 0 Å². The lowest BCUT2D eigenvalue weighted by molar-refractivity contribution is -0.132. The van der Waals surface area contributed by atoms with E-state index in [1.165, 1.54) is 17.9 Å². The van der Waals surface area contributed by atoms with Crippen molar-refractivity contribution in [3.05, 3.63) is 88.7 Å². The highest BCUT2D eigenvalue weighted by Crippen LogP contribution is 2.42. The fourth-order valence-corrected chi connectivity index (χ4v) is 4.07. The second kappa shape index (κ2) is 9.99. The minimum absolute atomic E-state index is 0.107. The van der Waals surface area contributed by atoms with Crippen molar-refractivity contribution in [2.24, 2.45) is 0 Å². The quantitative estimate of drug-likeness (QED) is 0.293. The van der Waals surface area contributed by atoms with Crippen LogP contribution in [0.4, 0.5) is 11.4 Å². The van der Waals surface area contributed by atoms with E-state index in [2.05, 4.69) is 10.3 Å². The fraction of sp³-hybridized carbons (Fsp3) is 0.154. The Morgan fingerprint density at radius 1 is 1.14 bits per heavy atom. The fourth-order valence-electron chi connectivity index (χ4n) is 3.90. The highest BCUT2D eigenvalue weighted by atomic mass is 35.5. The molecule has 2 amide bonds. The third-order valence-electron chi connectivity index (χ3n) is 5.38. The third kappa shape index (κ3) is 4.74. The van der Waals surface area contributed by atoms with E-state index in [1.807, 2.05) is 0 Å². The molecular weight excluding hydrogens is 470 g/mol. The number of rotatable bonds is 6. The van der Waals surface area contributed by atoms with Crippen molar-refractivity contribution in [1.29, 1.82) is 0 Å².